The second kappa shape index (κ2) is 5.54. The first-order valence-electron chi connectivity index (χ1n) is 5.87. The van der Waals surface area contributed by atoms with Crippen LogP contribution in [-0.4, -0.2) is 11.9 Å². The quantitative estimate of drug-likeness (QED) is 0.794. The van der Waals surface area contributed by atoms with Crippen molar-refractivity contribution in [2.45, 2.75) is 38.1 Å². The summed E-state index contributed by atoms with van der Waals surface area (Å²) in [5.74, 6) is 0.682. The van der Waals surface area contributed by atoms with Crippen LogP contribution in [0.25, 0.3) is 6.08 Å². The van der Waals surface area contributed by atoms with Gasteiger partial charge in [0.05, 0.1) is 6.26 Å². The highest BCUT2D eigenvalue weighted by molar-refractivity contribution is 5.91. The van der Waals surface area contributed by atoms with Gasteiger partial charge >= 0.3 is 0 Å². The van der Waals surface area contributed by atoms with Crippen molar-refractivity contribution >= 4 is 12.0 Å². The summed E-state index contributed by atoms with van der Waals surface area (Å²) in [6, 6.07) is 3.99. The van der Waals surface area contributed by atoms with E-state index in [9.17, 15) is 4.79 Å². The summed E-state index contributed by atoms with van der Waals surface area (Å²) in [5.41, 5.74) is 0. The van der Waals surface area contributed by atoms with Gasteiger partial charge in [-0.3, -0.25) is 4.79 Å². The van der Waals surface area contributed by atoms with Crippen molar-refractivity contribution in [3.8, 4) is 0 Å². The van der Waals surface area contributed by atoms with Crippen LogP contribution >= 0.6 is 0 Å². The third-order valence-corrected chi connectivity index (χ3v) is 2.89. The zero-order valence-electron chi connectivity index (χ0n) is 9.32. The highest BCUT2D eigenvalue weighted by Gasteiger charge is 2.13. The third kappa shape index (κ3) is 3.26. The van der Waals surface area contributed by atoms with Crippen LogP contribution in [0.15, 0.2) is 28.9 Å². The Morgan fingerprint density at radius 2 is 2.19 bits per heavy atom. The number of nitrogens with one attached hydrogen (secondary N) is 1. The minimum absolute atomic E-state index is 0.0247. The average molecular weight is 219 g/mol. The Morgan fingerprint density at radius 3 is 2.88 bits per heavy atom. The van der Waals surface area contributed by atoms with Crippen molar-refractivity contribution in [1.82, 2.24) is 5.32 Å². The van der Waals surface area contributed by atoms with E-state index in [-0.39, 0.29) is 5.91 Å². The van der Waals surface area contributed by atoms with E-state index in [4.69, 9.17) is 4.42 Å². The van der Waals surface area contributed by atoms with Gasteiger partial charge in [-0.25, -0.2) is 0 Å². The predicted octanol–water partition coefficient (Wildman–Crippen LogP) is 2.74. The second-order valence-electron chi connectivity index (χ2n) is 4.19. The molecule has 86 valence electrons. The van der Waals surface area contributed by atoms with Crippen LogP contribution in [0.4, 0.5) is 0 Å². The first-order chi connectivity index (χ1) is 7.84. The maximum Gasteiger partial charge on any atom is 0.244 e. The molecule has 0 saturated heterocycles. The SMILES string of the molecule is O=C(C=Cc1ccco1)NC1CCCCC1. The smallest absolute Gasteiger partial charge is 0.244 e. The minimum atomic E-state index is -0.0247. The highest BCUT2D eigenvalue weighted by atomic mass is 16.3. The van der Waals surface area contributed by atoms with E-state index < -0.39 is 0 Å². The van der Waals surface area contributed by atoms with Gasteiger partial charge in [0.1, 0.15) is 5.76 Å². The Balaban J connectivity index is 1.79. The molecule has 0 unspecified atom stereocenters. The summed E-state index contributed by atoms with van der Waals surface area (Å²) in [6.45, 7) is 0. The van der Waals surface area contributed by atoms with Gasteiger partial charge in [-0.2, -0.15) is 0 Å². The fourth-order valence-corrected chi connectivity index (χ4v) is 2.04. The molecule has 0 atom stereocenters. The highest BCUT2D eigenvalue weighted by Crippen LogP contribution is 2.17. The summed E-state index contributed by atoms with van der Waals surface area (Å²) in [4.78, 5) is 11.6. The molecule has 1 aliphatic carbocycles. The van der Waals surface area contributed by atoms with Gasteiger partial charge in [0.15, 0.2) is 0 Å². The topological polar surface area (TPSA) is 42.2 Å². The molecule has 0 bridgehead atoms. The second-order valence-corrected chi connectivity index (χ2v) is 4.19. The predicted molar refractivity (Wildman–Crippen MR) is 62.8 cm³/mol. The molecule has 1 aromatic heterocycles. The Hall–Kier alpha value is -1.51. The minimum Gasteiger partial charge on any atom is -0.465 e. The van der Waals surface area contributed by atoms with Crippen LogP contribution in [0.2, 0.25) is 0 Å². The zero-order valence-corrected chi connectivity index (χ0v) is 9.32. The molecular weight excluding hydrogens is 202 g/mol. The lowest BCUT2D eigenvalue weighted by Crippen LogP contribution is -2.34. The van der Waals surface area contributed by atoms with Crippen LogP contribution in [0.5, 0.6) is 0 Å². The van der Waals surface area contributed by atoms with E-state index in [1.807, 2.05) is 6.07 Å². The van der Waals surface area contributed by atoms with Crippen molar-refractivity contribution in [3.05, 3.63) is 30.2 Å². The maximum atomic E-state index is 11.6. The lowest BCUT2D eigenvalue weighted by atomic mass is 9.95. The molecule has 1 N–H and O–H groups in total. The number of carbonyl (C=O) groups excluding carboxylic acids is 1. The Kier molecular flexibility index (Phi) is 3.81. The molecule has 1 aromatic rings. The van der Waals surface area contributed by atoms with Gasteiger partial charge in [0.2, 0.25) is 5.91 Å². The Bertz CT molecular complexity index is 348. The van der Waals surface area contributed by atoms with E-state index >= 15 is 0 Å². The largest absolute Gasteiger partial charge is 0.465 e. The van der Waals surface area contributed by atoms with Crippen molar-refractivity contribution in [2.24, 2.45) is 0 Å². The number of rotatable bonds is 3. The summed E-state index contributed by atoms with van der Waals surface area (Å²) in [6.07, 6.45) is 10.8. The monoisotopic (exact) mass is 219 g/mol. The first kappa shape index (κ1) is 11.0. The molecule has 0 aromatic carbocycles. The van der Waals surface area contributed by atoms with E-state index in [0.29, 0.717) is 11.8 Å². The maximum absolute atomic E-state index is 11.6. The number of hydrogen-bond acceptors (Lipinski definition) is 2. The van der Waals surface area contributed by atoms with E-state index in [1.54, 1.807) is 18.4 Å². The number of hydrogen-bond donors (Lipinski definition) is 1. The fraction of sp³-hybridized carbons (Fsp3) is 0.462. The molecule has 3 nitrogen and oxygen atoms in total. The molecule has 1 aliphatic rings. The van der Waals surface area contributed by atoms with Crippen LogP contribution in [0.3, 0.4) is 0 Å². The molecule has 0 aliphatic heterocycles. The Labute approximate surface area is 95.5 Å². The fourth-order valence-electron chi connectivity index (χ4n) is 2.04. The molecule has 16 heavy (non-hydrogen) atoms. The van der Waals surface area contributed by atoms with Gasteiger partial charge in [-0.15, -0.1) is 0 Å². The molecule has 0 spiro atoms. The number of amides is 1. The molecule has 1 fully saturated rings. The first-order valence-corrected chi connectivity index (χ1v) is 5.87. The van der Waals surface area contributed by atoms with Crippen molar-refractivity contribution < 1.29 is 9.21 Å². The van der Waals surface area contributed by atoms with Gasteiger partial charge in [0, 0.05) is 12.1 Å². The van der Waals surface area contributed by atoms with Crippen LogP contribution < -0.4 is 5.32 Å². The molecule has 3 heteroatoms. The van der Waals surface area contributed by atoms with Crippen molar-refractivity contribution in [2.75, 3.05) is 0 Å². The summed E-state index contributed by atoms with van der Waals surface area (Å²) in [5, 5.41) is 3.01. The zero-order chi connectivity index (χ0) is 11.2. The molecule has 1 amide bonds. The standard InChI is InChI=1S/C13H17NO2/c15-13(9-8-12-7-4-10-16-12)14-11-5-2-1-3-6-11/h4,7-11H,1-3,5-6H2,(H,14,15). The van der Waals surface area contributed by atoms with Crippen LogP contribution in [-0.2, 0) is 4.79 Å². The normalized spacial score (nSPS) is 17.8. The van der Waals surface area contributed by atoms with Gasteiger partial charge in [0.25, 0.3) is 0 Å². The van der Waals surface area contributed by atoms with Crippen LogP contribution in [0.1, 0.15) is 37.9 Å². The van der Waals surface area contributed by atoms with E-state index in [1.165, 1.54) is 25.3 Å². The van der Waals surface area contributed by atoms with E-state index in [2.05, 4.69) is 5.32 Å². The van der Waals surface area contributed by atoms with Crippen molar-refractivity contribution in [3.63, 3.8) is 0 Å². The summed E-state index contributed by atoms with van der Waals surface area (Å²) < 4.78 is 5.11. The molecule has 2 rings (SSSR count). The Morgan fingerprint density at radius 1 is 1.38 bits per heavy atom. The lowest BCUT2D eigenvalue weighted by molar-refractivity contribution is -0.117. The summed E-state index contributed by atoms with van der Waals surface area (Å²) >= 11 is 0. The molecule has 0 radical (unpaired) electrons. The molecule has 1 saturated carbocycles. The van der Waals surface area contributed by atoms with Gasteiger partial charge in [-0.1, -0.05) is 19.3 Å². The number of furan rings is 1. The van der Waals surface area contributed by atoms with Crippen molar-refractivity contribution in [1.29, 1.82) is 0 Å². The molecular formula is C13H17NO2. The third-order valence-electron chi connectivity index (χ3n) is 2.89. The molecule has 1 heterocycles. The van der Waals surface area contributed by atoms with Gasteiger partial charge in [-0.05, 0) is 31.1 Å². The lowest BCUT2D eigenvalue weighted by Gasteiger charge is -2.21. The van der Waals surface area contributed by atoms with E-state index in [0.717, 1.165) is 12.8 Å². The van der Waals surface area contributed by atoms with Gasteiger partial charge < -0.3 is 9.73 Å². The average Bonchev–Trinajstić information content (AvgIpc) is 2.81. The summed E-state index contributed by atoms with van der Waals surface area (Å²) in [7, 11) is 0. The number of carbonyl (C=O) groups is 1. The van der Waals surface area contributed by atoms with Crippen LogP contribution in [0, 0.1) is 0 Å².